The van der Waals surface area contributed by atoms with Gasteiger partial charge in [0.1, 0.15) is 5.82 Å². The Bertz CT molecular complexity index is 435. The highest BCUT2D eigenvalue weighted by molar-refractivity contribution is 5.21. The highest BCUT2D eigenvalue weighted by atomic mass is 19.1. The van der Waals surface area contributed by atoms with Crippen LogP contribution >= 0.6 is 0 Å². The lowest BCUT2D eigenvalue weighted by Gasteiger charge is -2.32. The Balaban J connectivity index is 1.80. The summed E-state index contributed by atoms with van der Waals surface area (Å²) >= 11 is 0. The maximum atomic E-state index is 14.0. The van der Waals surface area contributed by atoms with Gasteiger partial charge in [0.2, 0.25) is 0 Å². The maximum absolute atomic E-state index is 14.0. The van der Waals surface area contributed by atoms with Crippen molar-refractivity contribution in [2.75, 3.05) is 13.1 Å². The minimum atomic E-state index is -0.0586. The van der Waals surface area contributed by atoms with Gasteiger partial charge in [-0.25, -0.2) is 4.39 Å². The van der Waals surface area contributed by atoms with E-state index in [0.29, 0.717) is 12.1 Å². The highest BCUT2D eigenvalue weighted by Crippen LogP contribution is 2.30. The number of rotatable bonds is 3. The third-order valence-electron chi connectivity index (χ3n) is 4.65. The van der Waals surface area contributed by atoms with Crippen molar-refractivity contribution in [3.63, 3.8) is 0 Å². The molecule has 1 N–H and O–H groups in total. The van der Waals surface area contributed by atoms with E-state index >= 15 is 0 Å². The zero-order valence-corrected chi connectivity index (χ0v) is 11.6. The maximum Gasteiger partial charge on any atom is 0.127 e. The number of benzene rings is 1. The Kier molecular flexibility index (Phi) is 3.85. The molecule has 2 saturated heterocycles. The number of nitrogens with zero attached hydrogens (tertiary/aromatic N) is 1. The van der Waals surface area contributed by atoms with Gasteiger partial charge in [0.25, 0.3) is 0 Å². The molecule has 0 aliphatic carbocycles. The number of hydrogen-bond acceptors (Lipinski definition) is 2. The summed E-state index contributed by atoms with van der Waals surface area (Å²) in [7, 11) is 0. The van der Waals surface area contributed by atoms with Crippen molar-refractivity contribution in [1.29, 1.82) is 0 Å². The summed E-state index contributed by atoms with van der Waals surface area (Å²) in [5.41, 5.74) is 0.864. The van der Waals surface area contributed by atoms with Gasteiger partial charge in [0, 0.05) is 36.8 Å². The van der Waals surface area contributed by atoms with Crippen molar-refractivity contribution in [1.82, 2.24) is 10.2 Å². The molecule has 2 heterocycles. The number of likely N-dealkylation sites (tertiary alicyclic amines) is 1. The zero-order chi connectivity index (χ0) is 13.2. The van der Waals surface area contributed by atoms with Gasteiger partial charge in [-0.3, -0.25) is 4.90 Å². The van der Waals surface area contributed by atoms with E-state index < -0.39 is 0 Å². The standard InChI is InChI=1S/C16H23FN2/c1-2-16(14-5-3-4-6-15(14)17)19-10-9-12-7-8-13(11-19)18-12/h3-6,12-13,16,18H,2,7-11H2,1H3. The van der Waals surface area contributed by atoms with E-state index in [0.717, 1.165) is 25.1 Å². The zero-order valence-electron chi connectivity index (χ0n) is 11.6. The van der Waals surface area contributed by atoms with E-state index in [-0.39, 0.29) is 11.9 Å². The molecule has 1 aromatic carbocycles. The molecule has 104 valence electrons. The first-order valence-electron chi connectivity index (χ1n) is 7.52. The predicted octanol–water partition coefficient (Wildman–Crippen LogP) is 3.10. The van der Waals surface area contributed by atoms with Gasteiger partial charge in [0.05, 0.1) is 0 Å². The van der Waals surface area contributed by atoms with Crippen LogP contribution in [0, 0.1) is 5.82 Å². The summed E-state index contributed by atoms with van der Waals surface area (Å²) in [5, 5.41) is 3.69. The first-order chi connectivity index (χ1) is 9.28. The molecule has 2 aliphatic heterocycles. The molecule has 0 spiro atoms. The Labute approximate surface area is 115 Å². The molecule has 0 saturated carbocycles. The van der Waals surface area contributed by atoms with E-state index in [2.05, 4.69) is 17.1 Å². The van der Waals surface area contributed by atoms with Gasteiger partial charge >= 0.3 is 0 Å². The molecule has 3 heteroatoms. The quantitative estimate of drug-likeness (QED) is 0.900. The van der Waals surface area contributed by atoms with Gasteiger partial charge < -0.3 is 5.32 Å². The first-order valence-corrected chi connectivity index (χ1v) is 7.52. The molecule has 19 heavy (non-hydrogen) atoms. The third-order valence-corrected chi connectivity index (χ3v) is 4.65. The highest BCUT2D eigenvalue weighted by Gasteiger charge is 2.32. The van der Waals surface area contributed by atoms with Crippen LogP contribution < -0.4 is 5.32 Å². The molecule has 3 unspecified atom stereocenters. The smallest absolute Gasteiger partial charge is 0.127 e. The second-order valence-corrected chi connectivity index (χ2v) is 5.87. The van der Waals surface area contributed by atoms with Crippen LogP contribution in [-0.2, 0) is 0 Å². The van der Waals surface area contributed by atoms with Crippen molar-refractivity contribution in [3.8, 4) is 0 Å². The average Bonchev–Trinajstić information content (AvgIpc) is 2.74. The molecule has 1 aromatic rings. The van der Waals surface area contributed by atoms with Crippen LogP contribution in [0.5, 0.6) is 0 Å². The van der Waals surface area contributed by atoms with Crippen molar-refractivity contribution in [3.05, 3.63) is 35.6 Å². The number of halogens is 1. The second-order valence-electron chi connectivity index (χ2n) is 5.87. The van der Waals surface area contributed by atoms with Crippen LogP contribution in [0.1, 0.15) is 44.2 Å². The lowest BCUT2D eigenvalue weighted by atomic mass is 9.99. The molecule has 0 aromatic heterocycles. The third kappa shape index (κ3) is 2.67. The van der Waals surface area contributed by atoms with E-state index in [1.165, 1.54) is 19.3 Å². The summed E-state index contributed by atoms with van der Waals surface area (Å²) in [6.07, 6.45) is 4.75. The van der Waals surface area contributed by atoms with Crippen LogP contribution in [0.15, 0.2) is 24.3 Å². The van der Waals surface area contributed by atoms with E-state index in [9.17, 15) is 4.39 Å². The monoisotopic (exact) mass is 262 g/mol. The molecule has 2 nitrogen and oxygen atoms in total. The first kappa shape index (κ1) is 13.1. The number of nitrogens with one attached hydrogen (secondary N) is 1. The van der Waals surface area contributed by atoms with E-state index in [4.69, 9.17) is 0 Å². The van der Waals surface area contributed by atoms with Gasteiger partial charge in [-0.2, -0.15) is 0 Å². The van der Waals surface area contributed by atoms with Gasteiger partial charge in [-0.05, 0) is 31.7 Å². The molecule has 0 amide bonds. The summed E-state index contributed by atoms with van der Waals surface area (Å²) in [6, 6.07) is 8.77. The fourth-order valence-electron chi connectivity index (χ4n) is 3.67. The number of fused-ring (bicyclic) bond motifs is 2. The minimum Gasteiger partial charge on any atom is -0.310 e. The largest absolute Gasteiger partial charge is 0.310 e. The Morgan fingerprint density at radius 3 is 2.84 bits per heavy atom. The summed E-state index contributed by atoms with van der Waals surface area (Å²) in [4.78, 5) is 2.48. The van der Waals surface area contributed by atoms with Crippen LogP contribution in [0.2, 0.25) is 0 Å². The molecular weight excluding hydrogens is 239 g/mol. The molecule has 0 radical (unpaired) electrons. The van der Waals surface area contributed by atoms with Crippen molar-refractivity contribution < 1.29 is 4.39 Å². The second kappa shape index (κ2) is 5.59. The summed E-state index contributed by atoms with van der Waals surface area (Å²) < 4.78 is 14.0. The summed E-state index contributed by atoms with van der Waals surface area (Å²) in [6.45, 7) is 4.30. The summed E-state index contributed by atoms with van der Waals surface area (Å²) in [5.74, 6) is -0.0586. The van der Waals surface area contributed by atoms with Crippen LogP contribution in [0.3, 0.4) is 0 Å². The van der Waals surface area contributed by atoms with Crippen LogP contribution in [-0.4, -0.2) is 30.1 Å². The Morgan fingerprint density at radius 2 is 2.05 bits per heavy atom. The van der Waals surface area contributed by atoms with Crippen LogP contribution in [0.25, 0.3) is 0 Å². The van der Waals surface area contributed by atoms with Gasteiger partial charge in [0.15, 0.2) is 0 Å². The van der Waals surface area contributed by atoms with E-state index in [1.807, 2.05) is 12.1 Å². The van der Waals surface area contributed by atoms with Crippen LogP contribution in [0.4, 0.5) is 4.39 Å². The van der Waals surface area contributed by atoms with Crippen molar-refractivity contribution in [2.45, 2.75) is 50.7 Å². The Hall–Kier alpha value is -0.930. The normalized spacial score (nSPS) is 29.2. The van der Waals surface area contributed by atoms with Gasteiger partial charge in [-0.1, -0.05) is 25.1 Å². The van der Waals surface area contributed by atoms with E-state index in [1.54, 1.807) is 12.1 Å². The molecule has 3 rings (SSSR count). The molecular formula is C16H23FN2. The molecule has 2 bridgehead atoms. The van der Waals surface area contributed by atoms with Gasteiger partial charge in [-0.15, -0.1) is 0 Å². The topological polar surface area (TPSA) is 15.3 Å². The van der Waals surface area contributed by atoms with Crippen molar-refractivity contribution in [2.24, 2.45) is 0 Å². The molecule has 2 aliphatic rings. The lowest BCUT2D eigenvalue weighted by molar-refractivity contribution is 0.179. The SMILES string of the molecule is CCC(c1ccccc1F)N1CCC2CCC(C1)N2. The Morgan fingerprint density at radius 1 is 1.26 bits per heavy atom. The number of hydrogen-bond donors (Lipinski definition) is 1. The fourth-order valence-corrected chi connectivity index (χ4v) is 3.67. The predicted molar refractivity (Wildman–Crippen MR) is 75.6 cm³/mol. The molecule has 3 atom stereocenters. The lowest BCUT2D eigenvalue weighted by Crippen LogP contribution is -2.37. The minimum absolute atomic E-state index is 0.0586. The average molecular weight is 262 g/mol. The fraction of sp³-hybridized carbons (Fsp3) is 0.625. The van der Waals surface area contributed by atoms with Crippen molar-refractivity contribution >= 4 is 0 Å². The molecule has 2 fully saturated rings.